The minimum absolute atomic E-state index is 0.0214. The molecule has 12 heteroatoms. The maximum Gasteiger partial charge on any atom is 0.417 e. The van der Waals surface area contributed by atoms with Crippen molar-refractivity contribution in [3.8, 4) is 0 Å². The second-order valence-corrected chi connectivity index (χ2v) is 9.41. The predicted molar refractivity (Wildman–Crippen MR) is 113 cm³/mol. The third-order valence-corrected chi connectivity index (χ3v) is 7.45. The first kappa shape index (κ1) is 22.9. The van der Waals surface area contributed by atoms with E-state index in [9.17, 15) is 31.2 Å². The third-order valence-electron chi connectivity index (χ3n) is 5.50. The van der Waals surface area contributed by atoms with Crippen molar-refractivity contribution in [1.29, 1.82) is 0 Å². The summed E-state index contributed by atoms with van der Waals surface area (Å²) < 4.78 is 66.6. The number of aromatic amines is 1. The normalized spacial score (nSPS) is 15.7. The van der Waals surface area contributed by atoms with Crippen LogP contribution in [0.5, 0.6) is 0 Å². The molecule has 2 aromatic carbocycles. The number of nitrogens with one attached hydrogen (secondary N) is 1. The second kappa shape index (κ2) is 8.60. The molecule has 0 bridgehead atoms. The number of carbonyl (C=O) groups is 1. The van der Waals surface area contributed by atoms with Gasteiger partial charge in [0.25, 0.3) is 5.56 Å². The van der Waals surface area contributed by atoms with Crippen molar-refractivity contribution in [1.82, 2.24) is 19.4 Å². The molecule has 174 valence electrons. The Bertz CT molecular complexity index is 1360. The van der Waals surface area contributed by atoms with Crippen molar-refractivity contribution in [2.75, 3.05) is 26.2 Å². The van der Waals surface area contributed by atoms with Crippen LogP contribution < -0.4 is 5.56 Å². The molecule has 1 aliphatic rings. The van der Waals surface area contributed by atoms with Gasteiger partial charge in [-0.05, 0) is 18.2 Å². The van der Waals surface area contributed by atoms with E-state index in [-0.39, 0.29) is 44.1 Å². The van der Waals surface area contributed by atoms with E-state index >= 15 is 0 Å². The summed E-state index contributed by atoms with van der Waals surface area (Å²) in [6.07, 6.45) is -4.92. The van der Waals surface area contributed by atoms with E-state index in [1.807, 2.05) is 0 Å². The molecular formula is C21H19F3N4O4S. The first-order chi connectivity index (χ1) is 15.6. The smallest absolute Gasteiger partial charge is 0.340 e. The van der Waals surface area contributed by atoms with Gasteiger partial charge in [-0.15, -0.1) is 0 Å². The van der Waals surface area contributed by atoms with Gasteiger partial charge in [-0.3, -0.25) is 9.59 Å². The van der Waals surface area contributed by atoms with E-state index in [0.717, 1.165) is 22.5 Å². The van der Waals surface area contributed by atoms with Crippen LogP contribution in [0, 0.1) is 0 Å². The van der Waals surface area contributed by atoms with Crippen molar-refractivity contribution < 1.29 is 26.4 Å². The SMILES string of the molecule is O=C(Cc1n[nH]c(=O)c2ccccc12)N1CCN(S(=O)(=O)c2ccccc2C(F)(F)F)CC1. The number of aromatic nitrogens is 2. The fraction of sp³-hybridized carbons (Fsp3) is 0.286. The Kier molecular flexibility index (Phi) is 5.97. The predicted octanol–water partition coefficient (Wildman–Crippen LogP) is 2.02. The topological polar surface area (TPSA) is 103 Å². The highest BCUT2D eigenvalue weighted by Crippen LogP contribution is 2.35. The van der Waals surface area contributed by atoms with Crippen LogP contribution in [0.1, 0.15) is 11.3 Å². The van der Waals surface area contributed by atoms with Crippen molar-refractivity contribution in [2.45, 2.75) is 17.5 Å². The van der Waals surface area contributed by atoms with Gasteiger partial charge < -0.3 is 4.90 Å². The second-order valence-electron chi connectivity index (χ2n) is 7.50. The lowest BCUT2D eigenvalue weighted by atomic mass is 10.1. The molecule has 3 aromatic rings. The third kappa shape index (κ3) is 4.48. The Balaban J connectivity index is 1.48. The van der Waals surface area contributed by atoms with Gasteiger partial charge in [0.15, 0.2) is 0 Å². The molecule has 0 spiro atoms. The zero-order valence-corrected chi connectivity index (χ0v) is 18.0. The Hall–Kier alpha value is -3.25. The number of piperazine rings is 1. The zero-order valence-electron chi connectivity index (χ0n) is 17.2. The molecule has 0 saturated carbocycles. The lowest BCUT2D eigenvalue weighted by molar-refractivity contribution is -0.139. The lowest BCUT2D eigenvalue weighted by Gasteiger charge is -2.34. The average molecular weight is 480 g/mol. The zero-order chi connectivity index (χ0) is 23.8. The summed E-state index contributed by atoms with van der Waals surface area (Å²) in [6.45, 7) is -0.235. The Morgan fingerprint density at radius 2 is 1.58 bits per heavy atom. The van der Waals surface area contributed by atoms with Crippen LogP contribution in [-0.2, 0) is 27.4 Å². The van der Waals surface area contributed by atoms with E-state index in [0.29, 0.717) is 16.5 Å². The molecule has 33 heavy (non-hydrogen) atoms. The minimum Gasteiger partial charge on any atom is -0.340 e. The fourth-order valence-electron chi connectivity index (χ4n) is 3.80. The van der Waals surface area contributed by atoms with E-state index in [4.69, 9.17) is 0 Å². The monoisotopic (exact) mass is 480 g/mol. The van der Waals surface area contributed by atoms with E-state index < -0.39 is 26.7 Å². The molecular weight excluding hydrogens is 461 g/mol. The molecule has 1 N–H and O–H groups in total. The maximum atomic E-state index is 13.3. The van der Waals surface area contributed by atoms with E-state index in [1.54, 1.807) is 24.3 Å². The molecule has 1 aromatic heterocycles. The number of carbonyl (C=O) groups excluding carboxylic acids is 1. The Labute approximate surface area is 186 Å². The molecule has 0 aliphatic carbocycles. The van der Waals surface area contributed by atoms with Crippen LogP contribution in [-0.4, -0.2) is 59.9 Å². The molecule has 0 radical (unpaired) electrons. The standard InChI is InChI=1S/C21H19F3N4O4S/c22-21(23,24)16-7-3-4-8-18(16)33(31,32)28-11-9-27(10-12-28)19(29)13-17-14-5-1-2-6-15(14)20(30)26-25-17/h1-8H,9-13H2,(H,26,30). The summed E-state index contributed by atoms with van der Waals surface area (Å²) in [4.78, 5) is 25.3. The summed E-state index contributed by atoms with van der Waals surface area (Å²) in [7, 11) is -4.39. The summed E-state index contributed by atoms with van der Waals surface area (Å²) in [5, 5.41) is 7.27. The molecule has 4 rings (SSSR count). The number of halogens is 3. The average Bonchev–Trinajstić information content (AvgIpc) is 2.80. The van der Waals surface area contributed by atoms with Gasteiger partial charge in [-0.2, -0.15) is 22.6 Å². The largest absolute Gasteiger partial charge is 0.417 e. The quantitative estimate of drug-likeness (QED) is 0.616. The Morgan fingerprint density at radius 3 is 2.24 bits per heavy atom. The number of hydrogen-bond acceptors (Lipinski definition) is 5. The number of sulfonamides is 1. The molecule has 1 saturated heterocycles. The van der Waals surface area contributed by atoms with Gasteiger partial charge in [-0.25, -0.2) is 13.5 Å². The number of H-pyrrole nitrogens is 1. The van der Waals surface area contributed by atoms with Gasteiger partial charge in [0, 0.05) is 31.6 Å². The number of rotatable bonds is 4. The van der Waals surface area contributed by atoms with Gasteiger partial charge >= 0.3 is 6.18 Å². The van der Waals surface area contributed by atoms with Crippen molar-refractivity contribution in [2.24, 2.45) is 0 Å². The van der Waals surface area contributed by atoms with Crippen LogP contribution >= 0.6 is 0 Å². The number of benzene rings is 2. The molecule has 8 nitrogen and oxygen atoms in total. The molecule has 0 unspecified atom stereocenters. The Morgan fingerprint density at radius 1 is 0.970 bits per heavy atom. The first-order valence-electron chi connectivity index (χ1n) is 9.99. The van der Waals surface area contributed by atoms with Gasteiger partial charge in [0.05, 0.1) is 28.0 Å². The summed E-state index contributed by atoms with van der Waals surface area (Å²) in [5.74, 6) is -0.326. The highest BCUT2D eigenvalue weighted by atomic mass is 32.2. The van der Waals surface area contributed by atoms with E-state index in [1.165, 1.54) is 11.0 Å². The molecule has 1 fully saturated rings. The lowest BCUT2D eigenvalue weighted by Crippen LogP contribution is -2.51. The highest BCUT2D eigenvalue weighted by Gasteiger charge is 2.39. The van der Waals surface area contributed by atoms with E-state index in [2.05, 4.69) is 10.2 Å². The van der Waals surface area contributed by atoms with Crippen LogP contribution in [0.2, 0.25) is 0 Å². The number of fused-ring (bicyclic) bond motifs is 1. The summed E-state index contributed by atoms with van der Waals surface area (Å²) >= 11 is 0. The van der Waals surface area contributed by atoms with Crippen LogP contribution in [0.4, 0.5) is 13.2 Å². The van der Waals surface area contributed by atoms with Crippen molar-refractivity contribution in [3.63, 3.8) is 0 Å². The maximum absolute atomic E-state index is 13.3. The molecule has 0 atom stereocenters. The van der Waals surface area contributed by atoms with Gasteiger partial charge in [-0.1, -0.05) is 30.3 Å². The van der Waals surface area contributed by atoms with Crippen LogP contribution in [0.15, 0.2) is 58.2 Å². The molecule has 2 heterocycles. The number of alkyl halides is 3. The van der Waals surface area contributed by atoms with Gasteiger partial charge in [0.2, 0.25) is 15.9 Å². The first-order valence-corrected chi connectivity index (χ1v) is 11.4. The minimum atomic E-state index is -4.81. The van der Waals surface area contributed by atoms with Crippen molar-refractivity contribution >= 4 is 26.7 Å². The highest BCUT2D eigenvalue weighted by molar-refractivity contribution is 7.89. The number of amides is 1. The molecule has 1 amide bonds. The van der Waals surface area contributed by atoms with Gasteiger partial charge in [0.1, 0.15) is 0 Å². The summed E-state index contributed by atoms with van der Waals surface area (Å²) in [5.41, 5.74) is -1.22. The number of hydrogen-bond donors (Lipinski definition) is 1. The fourth-order valence-corrected chi connectivity index (χ4v) is 5.44. The van der Waals surface area contributed by atoms with Crippen molar-refractivity contribution in [3.05, 3.63) is 70.1 Å². The summed E-state index contributed by atoms with van der Waals surface area (Å²) in [6, 6.07) is 10.8. The van der Waals surface area contributed by atoms with Crippen LogP contribution in [0.25, 0.3) is 10.8 Å². The molecule has 1 aliphatic heterocycles. The number of nitrogens with zero attached hydrogens (tertiary/aromatic N) is 3. The van der Waals surface area contributed by atoms with Crippen LogP contribution in [0.3, 0.4) is 0 Å².